The SMILES string of the molecule is COc1ccc(F)cc1-c1ccc(CN2CCCCC2C(=O)NCc2cccnc2)cc1. The van der Waals surface area contributed by atoms with Gasteiger partial charge >= 0.3 is 0 Å². The van der Waals surface area contributed by atoms with Crippen molar-refractivity contribution in [3.8, 4) is 16.9 Å². The Labute approximate surface area is 188 Å². The van der Waals surface area contributed by atoms with Crippen molar-refractivity contribution in [2.75, 3.05) is 13.7 Å². The van der Waals surface area contributed by atoms with Crippen molar-refractivity contribution >= 4 is 5.91 Å². The summed E-state index contributed by atoms with van der Waals surface area (Å²) < 4.78 is 19.1. The first-order valence-corrected chi connectivity index (χ1v) is 11.0. The molecule has 3 aromatic rings. The Morgan fingerprint density at radius 2 is 2.00 bits per heavy atom. The van der Waals surface area contributed by atoms with Crippen LogP contribution in [0.25, 0.3) is 11.1 Å². The molecule has 1 aliphatic rings. The molecule has 0 saturated carbocycles. The molecule has 32 heavy (non-hydrogen) atoms. The molecule has 5 nitrogen and oxygen atoms in total. The van der Waals surface area contributed by atoms with E-state index in [0.717, 1.165) is 48.1 Å². The zero-order valence-electron chi connectivity index (χ0n) is 18.3. The minimum absolute atomic E-state index is 0.0645. The Morgan fingerprint density at radius 1 is 1.16 bits per heavy atom. The summed E-state index contributed by atoms with van der Waals surface area (Å²) in [4.78, 5) is 19.2. The van der Waals surface area contributed by atoms with Crippen molar-refractivity contribution in [1.29, 1.82) is 0 Å². The zero-order valence-corrected chi connectivity index (χ0v) is 18.3. The van der Waals surface area contributed by atoms with E-state index in [9.17, 15) is 9.18 Å². The molecule has 0 aliphatic carbocycles. The summed E-state index contributed by atoms with van der Waals surface area (Å²) in [5.74, 6) is 0.411. The molecule has 1 unspecified atom stereocenters. The van der Waals surface area contributed by atoms with Gasteiger partial charge in [0.25, 0.3) is 0 Å². The summed E-state index contributed by atoms with van der Waals surface area (Å²) in [7, 11) is 1.58. The number of carbonyl (C=O) groups excluding carboxylic acids is 1. The van der Waals surface area contributed by atoms with E-state index in [4.69, 9.17) is 4.74 Å². The smallest absolute Gasteiger partial charge is 0.237 e. The van der Waals surface area contributed by atoms with Crippen LogP contribution < -0.4 is 10.1 Å². The van der Waals surface area contributed by atoms with E-state index in [-0.39, 0.29) is 17.8 Å². The van der Waals surface area contributed by atoms with E-state index in [1.807, 2.05) is 36.4 Å². The maximum atomic E-state index is 13.7. The molecule has 2 aromatic carbocycles. The fourth-order valence-electron chi connectivity index (χ4n) is 4.22. The van der Waals surface area contributed by atoms with Gasteiger partial charge < -0.3 is 10.1 Å². The molecule has 1 N–H and O–H groups in total. The van der Waals surface area contributed by atoms with Gasteiger partial charge in [-0.05, 0) is 60.3 Å². The molecule has 166 valence electrons. The second kappa shape index (κ2) is 10.4. The molecule has 1 aliphatic heterocycles. The average molecular weight is 434 g/mol. The molecule has 1 fully saturated rings. The van der Waals surface area contributed by atoms with Crippen LogP contribution in [0.5, 0.6) is 5.75 Å². The predicted molar refractivity (Wildman–Crippen MR) is 123 cm³/mol. The number of halogens is 1. The molecule has 6 heteroatoms. The van der Waals surface area contributed by atoms with E-state index in [2.05, 4.69) is 15.2 Å². The van der Waals surface area contributed by atoms with Gasteiger partial charge in [-0.1, -0.05) is 36.8 Å². The molecule has 4 rings (SSSR count). The summed E-state index contributed by atoms with van der Waals surface area (Å²) in [6.07, 6.45) is 6.50. The lowest BCUT2D eigenvalue weighted by molar-refractivity contribution is -0.128. The molecule has 0 radical (unpaired) electrons. The Morgan fingerprint density at radius 3 is 2.75 bits per heavy atom. The van der Waals surface area contributed by atoms with Crippen LogP contribution in [0.3, 0.4) is 0 Å². The molecule has 0 spiro atoms. The highest BCUT2D eigenvalue weighted by Crippen LogP contribution is 2.31. The van der Waals surface area contributed by atoms with Gasteiger partial charge in [-0.3, -0.25) is 14.7 Å². The maximum absolute atomic E-state index is 13.7. The van der Waals surface area contributed by atoms with Crippen LogP contribution in [0.15, 0.2) is 67.0 Å². The molecule has 1 aromatic heterocycles. The molecule has 1 amide bonds. The number of nitrogens with one attached hydrogen (secondary N) is 1. The lowest BCUT2D eigenvalue weighted by Crippen LogP contribution is -2.48. The number of piperidine rings is 1. The topological polar surface area (TPSA) is 54.5 Å². The average Bonchev–Trinajstić information content (AvgIpc) is 2.84. The summed E-state index contributed by atoms with van der Waals surface area (Å²) in [6.45, 7) is 2.08. The number of rotatable bonds is 7. The van der Waals surface area contributed by atoms with Crippen LogP contribution in [0.1, 0.15) is 30.4 Å². The lowest BCUT2D eigenvalue weighted by atomic mass is 9.99. The standard InChI is InChI=1S/C26H28FN3O2/c1-32-25-12-11-22(27)15-23(25)21-9-7-19(8-10-21)18-30-14-3-2-6-24(30)26(31)29-17-20-5-4-13-28-16-20/h4-5,7-13,15-16,24H,2-3,6,14,17-18H2,1H3,(H,29,31). The molecule has 1 atom stereocenters. The monoisotopic (exact) mass is 433 g/mol. The number of hydrogen-bond donors (Lipinski definition) is 1. The highest BCUT2D eigenvalue weighted by molar-refractivity contribution is 5.81. The van der Waals surface area contributed by atoms with Crippen molar-refractivity contribution in [2.45, 2.75) is 38.4 Å². The number of ether oxygens (including phenoxy) is 1. The first-order chi connectivity index (χ1) is 15.6. The van der Waals surface area contributed by atoms with Gasteiger partial charge in [-0.15, -0.1) is 0 Å². The Hall–Kier alpha value is -3.25. The lowest BCUT2D eigenvalue weighted by Gasteiger charge is -2.34. The Kier molecular flexibility index (Phi) is 7.12. The third-order valence-electron chi connectivity index (χ3n) is 5.92. The largest absolute Gasteiger partial charge is 0.496 e. The van der Waals surface area contributed by atoms with Crippen molar-refractivity contribution < 1.29 is 13.9 Å². The van der Waals surface area contributed by atoms with Gasteiger partial charge in [0.15, 0.2) is 0 Å². The number of amides is 1. The zero-order chi connectivity index (χ0) is 22.3. The minimum atomic E-state index is -0.293. The molecular formula is C26H28FN3O2. The fourth-order valence-corrected chi connectivity index (χ4v) is 4.22. The van der Waals surface area contributed by atoms with Gasteiger partial charge in [0.1, 0.15) is 11.6 Å². The summed E-state index contributed by atoms with van der Waals surface area (Å²) in [5.41, 5.74) is 3.74. The Bertz CT molecular complexity index is 1040. The van der Waals surface area contributed by atoms with E-state index in [0.29, 0.717) is 18.8 Å². The van der Waals surface area contributed by atoms with Gasteiger partial charge in [0.2, 0.25) is 5.91 Å². The van der Waals surface area contributed by atoms with E-state index in [1.54, 1.807) is 25.6 Å². The number of carbonyl (C=O) groups is 1. The second-order valence-corrected chi connectivity index (χ2v) is 8.10. The van der Waals surface area contributed by atoms with Crippen LogP contribution in [0.4, 0.5) is 4.39 Å². The Balaban J connectivity index is 1.43. The highest BCUT2D eigenvalue weighted by Gasteiger charge is 2.28. The van der Waals surface area contributed by atoms with E-state index >= 15 is 0 Å². The predicted octanol–water partition coefficient (Wildman–Crippen LogP) is 4.57. The van der Waals surface area contributed by atoms with Crippen LogP contribution in [-0.4, -0.2) is 35.5 Å². The number of methoxy groups -OCH3 is 1. The van der Waals surface area contributed by atoms with Gasteiger partial charge in [0.05, 0.1) is 13.2 Å². The van der Waals surface area contributed by atoms with E-state index < -0.39 is 0 Å². The molecule has 1 saturated heterocycles. The van der Waals surface area contributed by atoms with Crippen LogP contribution in [0.2, 0.25) is 0 Å². The quantitative estimate of drug-likeness (QED) is 0.593. The van der Waals surface area contributed by atoms with Crippen molar-refractivity contribution in [3.63, 3.8) is 0 Å². The number of likely N-dealkylation sites (tertiary alicyclic amines) is 1. The van der Waals surface area contributed by atoms with Crippen LogP contribution in [-0.2, 0) is 17.9 Å². The summed E-state index contributed by atoms with van der Waals surface area (Å²) in [5, 5.41) is 3.06. The normalized spacial score (nSPS) is 16.5. The fraction of sp³-hybridized carbons (Fsp3) is 0.308. The van der Waals surface area contributed by atoms with E-state index in [1.165, 1.54) is 12.1 Å². The summed E-state index contributed by atoms with van der Waals surface area (Å²) >= 11 is 0. The van der Waals surface area contributed by atoms with Crippen molar-refractivity contribution in [2.24, 2.45) is 0 Å². The molecule has 0 bridgehead atoms. The first-order valence-electron chi connectivity index (χ1n) is 11.0. The molecule has 2 heterocycles. The van der Waals surface area contributed by atoms with Gasteiger partial charge in [-0.2, -0.15) is 0 Å². The van der Waals surface area contributed by atoms with Crippen LogP contribution in [0, 0.1) is 5.82 Å². The third-order valence-corrected chi connectivity index (χ3v) is 5.92. The minimum Gasteiger partial charge on any atom is -0.496 e. The number of pyridine rings is 1. The first kappa shape index (κ1) is 22.0. The second-order valence-electron chi connectivity index (χ2n) is 8.10. The summed E-state index contributed by atoms with van der Waals surface area (Å²) in [6, 6.07) is 16.3. The van der Waals surface area contributed by atoms with Gasteiger partial charge in [0, 0.05) is 31.0 Å². The number of benzene rings is 2. The number of nitrogens with zero attached hydrogens (tertiary/aromatic N) is 2. The maximum Gasteiger partial charge on any atom is 0.237 e. The third kappa shape index (κ3) is 5.32. The number of aromatic nitrogens is 1. The molecular weight excluding hydrogens is 405 g/mol. The van der Waals surface area contributed by atoms with Crippen molar-refractivity contribution in [1.82, 2.24) is 15.2 Å². The highest BCUT2D eigenvalue weighted by atomic mass is 19.1. The number of hydrogen-bond acceptors (Lipinski definition) is 4. The van der Waals surface area contributed by atoms with Gasteiger partial charge in [-0.25, -0.2) is 4.39 Å². The van der Waals surface area contributed by atoms with Crippen LogP contribution >= 0.6 is 0 Å². The van der Waals surface area contributed by atoms with Crippen molar-refractivity contribution in [3.05, 3.63) is 83.9 Å².